The molecule has 0 spiro atoms. The van der Waals surface area contributed by atoms with Gasteiger partial charge < -0.3 is 10.6 Å². The molecule has 0 radical (unpaired) electrons. The van der Waals surface area contributed by atoms with Crippen LogP contribution < -0.4 is 10.6 Å². The van der Waals surface area contributed by atoms with Crippen LogP contribution in [0.3, 0.4) is 0 Å². The van der Waals surface area contributed by atoms with E-state index in [0.717, 1.165) is 39.0 Å². The van der Waals surface area contributed by atoms with Gasteiger partial charge >= 0.3 is 0 Å². The molecule has 0 bridgehead atoms. The number of nitrogens with zero attached hydrogens (tertiary/aromatic N) is 2. The molecule has 1 heterocycles. The number of anilines is 1. The first-order chi connectivity index (χ1) is 10.0. The van der Waals surface area contributed by atoms with Crippen molar-refractivity contribution in [1.82, 2.24) is 4.90 Å². The van der Waals surface area contributed by atoms with Crippen LogP contribution in [0.25, 0.3) is 0 Å². The number of hydrogen-bond acceptors (Lipinski definition) is 3. The highest BCUT2D eigenvalue weighted by Crippen LogP contribution is 2.29. The quantitative estimate of drug-likeness (QED) is 0.881. The predicted molar refractivity (Wildman–Crippen MR) is 95.0 cm³/mol. The largest absolute Gasteiger partial charge is 0.368 e. The average molecular weight is 354 g/mol. The summed E-state index contributed by atoms with van der Waals surface area (Å²) in [5.74, 6) is 0. The van der Waals surface area contributed by atoms with Gasteiger partial charge in [-0.05, 0) is 59.9 Å². The third-order valence-corrected chi connectivity index (χ3v) is 5.18. The minimum Gasteiger partial charge on any atom is -0.368 e. The maximum absolute atomic E-state index is 6.05. The van der Waals surface area contributed by atoms with E-state index in [9.17, 15) is 0 Å². The third kappa shape index (κ3) is 4.21. The van der Waals surface area contributed by atoms with E-state index in [2.05, 4.69) is 64.7 Å². The fourth-order valence-electron chi connectivity index (χ4n) is 3.06. The van der Waals surface area contributed by atoms with E-state index in [1.165, 1.54) is 15.7 Å². The minimum atomic E-state index is 0.260. The molecule has 3 nitrogen and oxygen atoms in total. The fourth-order valence-corrected chi connectivity index (χ4v) is 3.74. The van der Waals surface area contributed by atoms with Gasteiger partial charge in [0, 0.05) is 36.2 Å². The molecule has 0 aromatic heterocycles. The second-order valence-corrected chi connectivity index (χ2v) is 6.94. The Labute approximate surface area is 137 Å². The van der Waals surface area contributed by atoms with Crippen LogP contribution in [0.5, 0.6) is 0 Å². The fraction of sp³-hybridized carbons (Fsp3) is 0.647. The molecule has 1 aliphatic rings. The Bertz CT molecular complexity index is 463. The summed E-state index contributed by atoms with van der Waals surface area (Å²) in [6, 6.07) is 7.59. The van der Waals surface area contributed by atoms with Crippen LogP contribution in [-0.2, 0) is 6.42 Å². The van der Waals surface area contributed by atoms with E-state index in [1.54, 1.807) is 0 Å². The SMILES string of the molecule is CCC(N)Cc1ccc(N2CCN(CC)C(C)C2)c(Br)c1. The minimum absolute atomic E-state index is 0.260. The lowest BCUT2D eigenvalue weighted by Crippen LogP contribution is -2.51. The van der Waals surface area contributed by atoms with E-state index in [1.807, 2.05) is 0 Å². The Balaban J connectivity index is 2.07. The second kappa shape index (κ2) is 7.61. The van der Waals surface area contributed by atoms with Crippen LogP contribution in [0.4, 0.5) is 5.69 Å². The van der Waals surface area contributed by atoms with Gasteiger partial charge in [-0.1, -0.05) is 19.9 Å². The standard InChI is InChI=1S/C17H28BrN3/c1-4-15(19)10-14-6-7-17(16(18)11-14)21-9-8-20(5-2)13(3)12-21/h6-7,11,13,15H,4-5,8-10,12,19H2,1-3H3. The highest BCUT2D eigenvalue weighted by Gasteiger charge is 2.23. The topological polar surface area (TPSA) is 32.5 Å². The lowest BCUT2D eigenvalue weighted by Gasteiger charge is -2.41. The second-order valence-electron chi connectivity index (χ2n) is 6.08. The number of likely N-dealkylation sites (N-methyl/N-ethyl adjacent to an activating group) is 1. The van der Waals surface area contributed by atoms with Crippen LogP contribution in [-0.4, -0.2) is 43.2 Å². The van der Waals surface area contributed by atoms with E-state index >= 15 is 0 Å². The summed E-state index contributed by atoms with van der Waals surface area (Å²) in [7, 11) is 0. The van der Waals surface area contributed by atoms with E-state index in [0.29, 0.717) is 6.04 Å². The number of benzene rings is 1. The van der Waals surface area contributed by atoms with Gasteiger partial charge in [0.1, 0.15) is 0 Å². The third-order valence-electron chi connectivity index (χ3n) is 4.55. The normalized spacial score (nSPS) is 21.6. The van der Waals surface area contributed by atoms with Gasteiger partial charge in [0.05, 0.1) is 5.69 Å². The highest BCUT2D eigenvalue weighted by atomic mass is 79.9. The van der Waals surface area contributed by atoms with Crippen LogP contribution in [0, 0.1) is 0 Å². The summed E-state index contributed by atoms with van der Waals surface area (Å²) in [5, 5.41) is 0. The molecule has 21 heavy (non-hydrogen) atoms. The summed E-state index contributed by atoms with van der Waals surface area (Å²) in [5.41, 5.74) is 8.68. The van der Waals surface area contributed by atoms with E-state index in [4.69, 9.17) is 5.73 Å². The summed E-state index contributed by atoms with van der Waals surface area (Å²) >= 11 is 3.75. The van der Waals surface area contributed by atoms with Crippen molar-refractivity contribution in [3.63, 3.8) is 0 Å². The van der Waals surface area contributed by atoms with Gasteiger partial charge in [0.15, 0.2) is 0 Å². The Morgan fingerprint density at radius 1 is 1.33 bits per heavy atom. The molecule has 1 aromatic carbocycles. The summed E-state index contributed by atoms with van der Waals surface area (Å²) in [4.78, 5) is 5.03. The number of hydrogen-bond donors (Lipinski definition) is 1. The number of halogens is 1. The predicted octanol–water partition coefficient (Wildman–Crippen LogP) is 3.26. The first kappa shape index (κ1) is 16.8. The van der Waals surface area contributed by atoms with Crippen LogP contribution in [0.15, 0.2) is 22.7 Å². The van der Waals surface area contributed by atoms with Crippen LogP contribution in [0.1, 0.15) is 32.8 Å². The zero-order chi connectivity index (χ0) is 15.4. The Morgan fingerprint density at radius 2 is 2.10 bits per heavy atom. The lowest BCUT2D eigenvalue weighted by molar-refractivity contribution is 0.199. The van der Waals surface area contributed by atoms with Crippen molar-refractivity contribution in [2.24, 2.45) is 5.73 Å². The molecule has 0 amide bonds. The van der Waals surface area contributed by atoms with Crippen molar-refractivity contribution in [1.29, 1.82) is 0 Å². The first-order valence-electron chi connectivity index (χ1n) is 8.08. The maximum atomic E-state index is 6.05. The summed E-state index contributed by atoms with van der Waals surface area (Å²) < 4.78 is 1.19. The van der Waals surface area contributed by atoms with E-state index in [-0.39, 0.29) is 6.04 Å². The molecule has 1 fully saturated rings. The molecule has 0 saturated carbocycles. The summed E-state index contributed by atoms with van der Waals surface area (Å²) in [6.45, 7) is 11.2. The molecule has 118 valence electrons. The van der Waals surface area contributed by atoms with Gasteiger partial charge in [-0.2, -0.15) is 0 Å². The Morgan fingerprint density at radius 3 is 2.67 bits per heavy atom. The zero-order valence-electron chi connectivity index (χ0n) is 13.5. The molecular formula is C17H28BrN3. The lowest BCUT2D eigenvalue weighted by atomic mass is 10.0. The monoisotopic (exact) mass is 353 g/mol. The maximum Gasteiger partial charge on any atom is 0.0511 e. The van der Waals surface area contributed by atoms with Gasteiger partial charge in [-0.3, -0.25) is 4.90 Å². The Hall–Kier alpha value is -0.580. The van der Waals surface area contributed by atoms with Crippen molar-refractivity contribution in [2.75, 3.05) is 31.1 Å². The molecule has 2 N–H and O–H groups in total. The van der Waals surface area contributed by atoms with Crippen molar-refractivity contribution >= 4 is 21.6 Å². The van der Waals surface area contributed by atoms with Gasteiger partial charge in [-0.25, -0.2) is 0 Å². The number of rotatable bonds is 5. The van der Waals surface area contributed by atoms with Crippen molar-refractivity contribution in [3.8, 4) is 0 Å². The molecule has 1 aliphatic heterocycles. The summed E-state index contributed by atoms with van der Waals surface area (Å²) in [6.07, 6.45) is 1.98. The molecule has 4 heteroatoms. The number of nitrogens with two attached hydrogens (primary N) is 1. The average Bonchev–Trinajstić information content (AvgIpc) is 2.47. The highest BCUT2D eigenvalue weighted by molar-refractivity contribution is 9.10. The van der Waals surface area contributed by atoms with Gasteiger partial charge in [0.2, 0.25) is 0 Å². The first-order valence-corrected chi connectivity index (χ1v) is 8.87. The Kier molecular flexibility index (Phi) is 6.08. The van der Waals surface area contributed by atoms with Crippen molar-refractivity contribution in [3.05, 3.63) is 28.2 Å². The molecule has 2 atom stereocenters. The van der Waals surface area contributed by atoms with Crippen molar-refractivity contribution < 1.29 is 0 Å². The van der Waals surface area contributed by atoms with Gasteiger partial charge in [0.25, 0.3) is 0 Å². The molecule has 0 aliphatic carbocycles. The van der Waals surface area contributed by atoms with Crippen LogP contribution in [0.2, 0.25) is 0 Å². The van der Waals surface area contributed by atoms with Crippen LogP contribution >= 0.6 is 15.9 Å². The molecule has 2 rings (SSSR count). The number of piperazine rings is 1. The van der Waals surface area contributed by atoms with E-state index < -0.39 is 0 Å². The zero-order valence-corrected chi connectivity index (χ0v) is 15.1. The van der Waals surface area contributed by atoms with Crippen molar-refractivity contribution in [2.45, 2.75) is 45.7 Å². The molecule has 1 saturated heterocycles. The molecule has 2 unspecified atom stereocenters. The molecule has 1 aromatic rings. The van der Waals surface area contributed by atoms with Gasteiger partial charge in [-0.15, -0.1) is 0 Å². The smallest absolute Gasteiger partial charge is 0.0511 e. The molecular weight excluding hydrogens is 326 g/mol.